The number of benzene rings is 1. The Morgan fingerprint density at radius 1 is 1.20 bits per heavy atom. The second kappa shape index (κ2) is 8.11. The lowest BCUT2D eigenvalue weighted by Crippen LogP contribution is -2.10. The first-order valence-corrected chi connectivity index (χ1v) is 8.52. The first kappa shape index (κ1) is 16.8. The van der Waals surface area contributed by atoms with E-state index in [1.54, 1.807) is 12.1 Å². The highest BCUT2D eigenvalue weighted by Gasteiger charge is 2.18. The molecule has 1 aromatic carbocycles. The number of aliphatic hydroxyl groups excluding tert-OH is 1. The molecule has 0 aliphatic carbocycles. The van der Waals surface area contributed by atoms with Gasteiger partial charge in [0, 0.05) is 12.7 Å². The Bertz CT molecular complexity index is 514. The van der Waals surface area contributed by atoms with Crippen molar-refractivity contribution in [1.29, 1.82) is 0 Å². The van der Waals surface area contributed by atoms with Gasteiger partial charge in [-0.2, -0.15) is 0 Å². The number of rotatable bonds is 9. The van der Waals surface area contributed by atoms with Crippen molar-refractivity contribution < 1.29 is 18.3 Å². The van der Waals surface area contributed by atoms with Crippen LogP contribution in [0.25, 0.3) is 0 Å². The summed E-state index contributed by atoms with van der Waals surface area (Å²) in [6.07, 6.45) is 2.90. The molecule has 0 bridgehead atoms. The van der Waals surface area contributed by atoms with Crippen LogP contribution in [0.1, 0.15) is 32.6 Å². The van der Waals surface area contributed by atoms with Crippen molar-refractivity contribution >= 4 is 15.5 Å². The van der Waals surface area contributed by atoms with Gasteiger partial charge in [0.25, 0.3) is 0 Å². The third-order valence-corrected chi connectivity index (χ3v) is 4.80. The Morgan fingerprint density at radius 2 is 1.90 bits per heavy atom. The highest BCUT2D eigenvalue weighted by molar-refractivity contribution is 7.91. The fourth-order valence-electron chi connectivity index (χ4n) is 1.91. The van der Waals surface area contributed by atoms with Gasteiger partial charge in [0.15, 0.2) is 9.84 Å². The zero-order valence-electron chi connectivity index (χ0n) is 11.8. The van der Waals surface area contributed by atoms with Gasteiger partial charge in [-0.3, -0.25) is 0 Å². The van der Waals surface area contributed by atoms with Gasteiger partial charge < -0.3 is 15.6 Å². The number of nitrogens with two attached hydrogens (primary N) is 1. The van der Waals surface area contributed by atoms with Crippen LogP contribution in [0.15, 0.2) is 23.1 Å². The van der Waals surface area contributed by atoms with E-state index in [1.807, 2.05) is 6.92 Å². The molecule has 0 amide bonds. The van der Waals surface area contributed by atoms with Gasteiger partial charge in [0.05, 0.1) is 22.9 Å². The minimum atomic E-state index is -3.39. The van der Waals surface area contributed by atoms with E-state index in [9.17, 15) is 8.42 Å². The molecule has 0 atom stereocenters. The standard InChI is InChI=1S/C14H23NO4S/c1-2-19-12-7-8-13(15)14(11-12)20(17,18)10-6-4-3-5-9-16/h7-8,11,16H,2-6,9-10,15H2,1H3. The number of ether oxygens (including phenoxy) is 1. The van der Waals surface area contributed by atoms with E-state index in [-0.39, 0.29) is 22.9 Å². The van der Waals surface area contributed by atoms with Gasteiger partial charge in [0.1, 0.15) is 5.75 Å². The molecule has 0 spiro atoms. The molecular weight excluding hydrogens is 278 g/mol. The molecule has 0 saturated carbocycles. The maximum absolute atomic E-state index is 12.3. The van der Waals surface area contributed by atoms with Gasteiger partial charge >= 0.3 is 0 Å². The highest BCUT2D eigenvalue weighted by atomic mass is 32.2. The predicted octanol–water partition coefficient (Wildman–Crippen LogP) is 1.99. The molecule has 0 aliphatic rings. The molecule has 0 saturated heterocycles. The van der Waals surface area contributed by atoms with E-state index in [0.717, 1.165) is 12.8 Å². The third-order valence-electron chi connectivity index (χ3n) is 2.95. The second-order valence-corrected chi connectivity index (χ2v) is 6.67. The summed E-state index contributed by atoms with van der Waals surface area (Å²) in [6.45, 7) is 2.46. The number of nitrogen functional groups attached to an aromatic ring is 1. The molecule has 1 rings (SSSR count). The quantitative estimate of drug-likeness (QED) is 0.538. The number of hydrogen-bond donors (Lipinski definition) is 2. The Morgan fingerprint density at radius 3 is 2.55 bits per heavy atom. The summed E-state index contributed by atoms with van der Waals surface area (Å²) < 4.78 is 29.8. The molecule has 6 heteroatoms. The maximum atomic E-state index is 12.3. The Labute approximate surface area is 120 Å². The van der Waals surface area contributed by atoms with Crippen molar-refractivity contribution in [2.75, 3.05) is 24.7 Å². The van der Waals surface area contributed by atoms with Crippen molar-refractivity contribution in [2.45, 2.75) is 37.5 Å². The fraction of sp³-hybridized carbons (Fsp3) is 0.571. The number of aliphatic hydroxyl groups is 1. The first-order chi connectivity index (χ1) is 9.51. The normalized spacial score (nSPS) is 11.5. The van der Waals surface area contributed by atoms with E-state index >= 15 is 0 Å². The molecule has 0 heterocycles. The molecule has 3 N–H and O–H groups in total. The topological polar surface area (TPSA) is 89.6 Å². The summed E-state index contributed by atoms with van der Waals surface area (Å²) in [5.74, 6) is 0.582. The molecule has 0 aliphatic heterocycles. The zero-order valence-corrected chi connectivity index (χ0v) is 12.7. The molecule has 0 unspecified atom stereocenters. The average Bonchev–Trinajstić information content (AvgIpc) is 2.41. The van der Waals surface area contributed by atoms with Crippen molar-refractivity contribution in [3.8, 4) is 5.75 Å². The zero-order chi connectivity index (χ0) is 15.0. The van der Waals surface area contributed by atoms with Crippen LogP contribution in [0.3, 0.4) is 0 Å². The molecule has 1 aromatic rings. The highest BCUT2D eigenvalue weighted by Crippen LogP contribution is 2.26. The van der Waals surface area contributed by atoms with Crippen LogP contribution in [-0.4, -0.2) is 32.5 Å². The van der Waals surface area contributed by atoms with Gasteiger partial charge in [0.2, 0.25) is 0 Å². The van der Waals surface area contributed by atoms with E-state index in [0.29, 0.717) is 25.2 Å². The minimum absolute atomic E-state index is 0.0677. The summed E-state index contributed by atoms with van der Waals surface area (Å²) in [7, 11) is -3.39. The summed E-state index contributed by atoms with van der Waals surface area (Å²) in [4.78, 5) is 0.144. The molecule has 0 radical (unpaired) electrons. The predicted molar refractivity (Wildman–Crippen MR) is 79.6 cm³/mol. The van der Waals surface area contributed by atoms with Crippen LogP contribution < -0.4 is 10.5 Å². The van der Waals surface area contributed by atoms with Gasteiger partial charge in [-0.05, 0) is 31.9 Å². The number of anilines is 1. The van der Waals surface area contributed by atoms with Crippen LogP contribution in [0.2, 0.25) is 0 Å². The van der Waals surface area contributed by atoms with Crippen LogP contribution in [0, 0.1) is 0 Å². The third kappa shape index (κ3) is 5.02. The largest absolute Gasteiger partial charge is 0.494 e. The Balaban J connectivity index is 2.73. The second-order valence-electron chi connectivity index (χ2n) is 4.59. The minimum Gasteiger partial charge on any atom is -0.494 e. The van der Waals surface area contributed by atoms with E-state index in [4.69, 9.17) is 15.6 Å². The van der Waals surface area contributed by atoms with E-state index < -0.39 is 9.84 Å². The van der Waals surface area contributed by atoms with Crippen molar-refractivity contribution in [3.05, 3.63) is 18.2 Å². The van der Waals surface area contributed by atoms with E-state index in [2.05, 4.69) is 0 Å². The lowest BCUT2D eigenvalue weighted by Gasteiger charge is -2.10. The van der Waals surface area contributed by atoms with Crippen LogP contribution >= 0.6 is 0 Å². The summed E-state index contributed by atoms with van der Waals surface area (Å²) in [6, 6.07) is 4.71. The molecule has 20 heavy (non-hydrogen) atoms. The average molecular weight is 301 g/mol. The Kier molecular flexibility index (Phi) is 6.81. The number of unbranched alkanes of at least 4 members (excludes halogenated alkanes) is 3. The number of hydrogen-bond acceptors (Lipinski definition) is 5. The van der Waals surface area contributed by atoms with Gasteiger partial charge in [-0.25, -0.2) is 8.42 Å². The smallest absolute Gasteiger partial charge is 0.180 e. The summed E-state index contributed by atoms with van der Waals surface area (Å²) in [5.41, 5.74) is 6.01. The van der Waals surface area contributed by atoms with E-state index in [1.165, 1.54) is 6.07 Å². The summed E-state index contributed by atoms with van der Waals surface area (Å²) in [5, 5.41) is 8.67. The van der Waals surface area contributed by atoms with Gasteiger partial charge in [-0.15, -0.1) is 0 Å². The van der Waals surface area contributed by atoms with Crippen molar-refractivity contribution in [3.63, 3.8) is 0 Å². The first-order valence-electron chi connectivity index (χ1n) is 6.87. The maximum Gasteiger partial charge on any atom is 0.180 e. The molecule has 0 fully saturated rings. The van der Waals surface area contributed by atoms with Gasteiger partial charge in [-0.1, -0.05) is 12.8 Å². The van der Waals surface area contributed by atoms with Crippen LogP contribution in [0.4, 0.5) is 5.69 Å². The fourth-order valence-corrected chi connectivity index (χ4v) is 3.43. The van der Waals surface area contributed by atoms with Crippen molar-refractivity contribution in [2.24, 2.45) is 0 Å². The lowest BCUT2D eigenvalue weighted by molar-refractivity contribution is 0.283. The lowest BCUT2D eigenvalue weighted by atomic mass is 10.2. The molecule has 5 nitrogen and oxygen atoms in total. The SMILES string of the molecule is CCOc1ccc(N)c(S(=O)(=O)CCCCCCO)c1. The monoisotopic (exact) mass is 301 g/mol. The number of sulfone groups is 1. The van der Waals surface area contributed by atoms with Crippen LogP contribution in [0.5, 0.6) is 5.75 Å². The van der Waals surface area contributed by atoms with Crippen LogP contribution in [-0.2, 0) is 9.84 Å². The molecule has 0 aromatic heterocycles. The van der Waals surface area contributed by atoms with Crippen molar-refractivity contribution in [1.82, 2.24) is 0 Å². The summed E-state index contributed by atoms with van der Waals surface area (Å²) >= 11 is 0. The molecular formula is C14H23NO4S. The molecule has 114 valence electrons. The Hall–Kier alpha value is -1.27.